The Kier molecular flexibility index (Phi) is 9.31. The highest BCUT2D eigenvalue weighted by Gasteiger charge is 2.57. The number of aromatic hydroxyl groups is 1. The monoisotopic (exact) mass is 633 g/mol. The molecule has 0 spiro atoms. The third-order valence-electron chi connectivity index (χ3n) is 10.0. The van der Waals surface area contributed by atoms with E-state index in [-0.39, 0.29) is 35.4 Å². The number of aryl methyl sites for hydroxylation is 2. The first-order valence-electron chi connectivity index (χ1n) is 16.4. The Balaban J connectivity index is 1.34. The van der Waals surface area contributed by atoms with Crippen molar-refractivity contribution in [2.75, 3.05) is 4.90 Å². The molecule has 2 saturated heterocycles. The summed E-state index contributed by atoms with van der Waals surface area (Å²) in [5.74, 6) is -1.80. The smallest absolute Gasteiger partial charge is 0.488 e. The molecule has 3 aromatic rings. The zero-order chi connectivity index (χ0) is 33.6. The van der Waals surface area contributed by atoms with Crippen LogP contribution in [0.25, 0.3) is 11.6 Å². The minimum Gasteiger partial charge on any atom is -0.507 e. The molecule has 47 heavy (non-hydrogen) atoms. The minimum absolute atomic E-state index is 0.103. The van der Waals surface area contributed by atoms with Crippen LogP contribution >= 0.6 is 0 Å². The van der Waals surface area contributed by atoms with Crippen LogP contribution in [0.5, 0.6) is 5.75 Å². The molecule has 1 aliphatic carbocycles. The van der Waals surface area contributed by atoms with Crippen molar-refractivity contribution in [2.24, 2.45) is 23.7 Å². The summed E-state index contributed by atoms with van der Waals surface area (Å²) in [6.07, 6.45) is 3.54. The fraction of sp³-hybridized carbons (Fsp3) is 0.351. The zero-order valence-corrected chi connectivity index (χ0v) is 27.3. The molecule has 3 aliphatic rings. The van der Waals surface area contributed by atoms with Gasteiger partial charge in [0.05, 0.1) is 23.6 Å². The van der Waals surface area contributed by atoms with E-state index < -0.39 is 32.2 Å². The van der Waals surface area contributed by atoms with Gasteiger partial charge in [0, 0.05) is 0 Å². The van der Waals surface area contributed by atoms with Crippen molar-refractivity contribution in [3.05, 3.63) is 100 Å². The molecule has 0 aromatic heterocycles. The van der Waals surface area contributed by atoms with E-state index in [1.54, 1.807) is 12.1 Å². The first-order valence-corrected chi connectivity index (χ1v) is 16.4. The predicted molar refractivity (Wildman–Crippen MR) is 184 cm³/mol. The molecule has 0 radical (unpaired) electrons. The number of carbonyl (C=O) groups is 2. The SMILES string of the molecule is Cc1cc(/C=C(/CC[C@H]2OB(O)C[C@H]3C2=C(C(C)C)C[C@H]2C(=O)N(c4cccc(B(O)O)c4)C(=O)[C@H]23)c2ccccc2)cc(C)c1O. The lowest BCUT2D eigenvalue weighted by Gasteiger charge is -2.44. The number of hydrogen-bond donors (Lipinski definition) is 4. The van der Waals surface area contributed by atoms with Crippen molar-refractivity contribution in [3.63, 3.8) is 0 Å². The molecule has 242 valence electrons. The van der Waals surface area contributed by atoms with Gasteiger partial charge in [-0.3, -0.25) is 14.5 Å². The Labute approximate surface area is 276 Å². The average molecular weight is 633 g/mol. The van der Waals surface area contributed by atoms with Crippen LogP contribution in [0.3, 0.4) is 0 Å². The van der Waals surface area contributed by atoms with E-state index in [0.717, 1.165) is 39.0 Å². The molecule has 0 unspecified atom stereocenters. The van der Waals surface area contributed by atoms with Crippen molar-refractivity contribution in [3.8, 4) is 5.75 Å². The zero-order valence-electron chi connectivity index (χ0n) is 27.3. The van der Waals surface area contributed by atoms with Crippen molar-refractivity contribution in [2.45, 2.75) is 59.4 Å². The van der Waals surface area contributed by atoms with Crippen LogP contribution in [-0.2, 0) is 14.2 Å². The van der Waals surface area contributed by atoms with E-state index in [1.165, 1.54) is 17.0 Å². The number of benzene rings is 3. The summed E-state index contributed by atoms with van der Waals surface area (Å²) in [4.78, 5) is 29.2. The van der Waals surface area contributed by atoms with Gasteiger partial charge in [-0.25, -0.2) is 0 Å². The van der Waals surface area contributed by atoms with Crippen LogP contribution in [0.4, 0.5) is 5.69 Å². The summed E-state index contributed by atoms with van der Waals surface area (Å²) in [6.45, 7) is 7.96. The summed E-state index contributed by atoms with van der Waals surface area (Å²) >= 11 is 0. The Morgan fingerprint density at radius 3 is 2.36 bits per heavy atom. The molecule has 3 aromatic carbocycles. The summed E-state index contributed by atoms with van der Waals surface area (Å²) < 4.78 is 6.26. The second kappa shape index (κ2) is 13.3. The molecule has 8 nitrogen and oxygen atoms in total. The fourth-order valence-electron chi connectivity index (χ4n) is 7.84. The first kappa shape index (κ1) is 33.0. The third kappa shape index (κ3) is 6.35. The standard InChI is InChI=1S/C37H41B2NO7/c1-21(2)29-19-30-34(37(43)40(36(30)42)28-12-8-11-27(18-28)39(45)46)31-20-38(44)47-32(33(29)31)14-13-26(25-9-6-5-7-10-25)17-24-15-22(3)35(41)23(4)16-24/h5-12,15-18,21,30-32,34,41,44-46H,13-14,19-20H2,1-4H3/b26-17-/t30-,31+,32-,34-/m1/s1. The maximum absolute atomic E-state index is 14.1. The Morgan fingerprint density at radius 1 is 1.00 bits per heavy atom. The molecular weight excluding hydrogens is 592 g/mol. The molecule has 2 heterocycles. The summed E-state index contributed by atoms with van der Waals surface area (Å²) in [5.41, 5.74) is 7.37. The largest absolute Gasteiger partial charge is 0.507 e. The second-order valence-corrected chi connectivity index (χ2v) is 13.5. The first-order chi connectivity index (χ1) is 22.4. The summed E-state index contributed by atoms with van der Waals surface area (Å²) in [5, 5.41) is 40.8. The van der Waals surface area contributed by atoms with Gasteiger partial charge in [-0.15, -0.1) is 0 Å². The molecule has 2 amide bonds. The Morgan fingerprint density at radius 2 is 1.70 bits per heavy atom. The number of fused-ring (bicyclic) bond motifs is 3. The number of amides is 2. The maximum Gasteiger partial charge on any atom is 0.488 e. The van der Waals surface area contributed by atoms with Gasteiger partial charge >= 0.3 is 14.2 Å². The number of hydrogen-bond acceptors (Lipinski definition) is 7. The number of carbonyl (C=O) groups excluding carboxylic acids is 2. The third-order valence-corrected chi connectivity index (χ3v) is 10.0. The number of rotatable bonds is 8. The molecular formula is C37H41B2NO7. The maximum atomic E-state index is 14.1. The molecule has 0 bridgehead atoms. The van der Waals surface area contributed by atoms with Crippen LogP contribution in [0, 0.1) is 37.5 Å². The van der Waals surface area contributed by atoms with E-state index in [9.17, 15) is 29.8 Å². The van der Waals surface area contributed by atoms with Gasteiger partial charge in [-0.2, -0.15) is 0 Å². The predicted octanol–water partition coefficient (Wildman–Crippen LogP) is 4.67. The second-order valence-electron chi connectivity index (χ2n) is 13.5. The van der Waals surface area contributed by atoms with Gasteiger partial charge in [0.25, 0.3) is 0 Å². The van der Waals surface area contributed by atoms with Crippen molar-refractivity contribution in [1.82, 2.24) is 0 Å². The lowest BCUT2D eigenvalue weighted by molar-refractivity contribution is -0.122. The van der Waals surface area contributed by atoms with Gasteiger partial charge in [0.2, 0.25) is 11.8 Å². The lowest BCUT2D eigenvalue weighted by atomic mass is 9.57. The van der Waals surface area contributed by atoms with E-state index in [1.807, 2.05) is 44.2 Å². The van der Waals surface area contributed by atoms with Crippen LogP contribution in [0.1, 0.15) is 55.4 Å². The van der Waals surface area contributed by atoms with Crippen LogP contribution in [-0.4, -0.2) is 52.3 Å². The Bertz CT molecular complexity index is 1730. The van der Waals surface area contributed by atoms with Gasteiger partial charge in [-0.1, -0.05) is 68.0 Å². The van der Waals surface area contributed by atoms with Crippen molar-refractivity contribution >= 4 is 48.9 Å². The van der Waals surface area contributed by atoms with E-state index >= 15 is 0 Å². The molecule has 4 N–H and O–H groups in total. The highest BCUT2D eigenvalue weighted by Crippen LogP contribution is 2.52. The quantitative estimate of drug-likeness (QED) is 0.123. The van der Waals surface area contributed by atoms with E-state index in [0.29, 0.717) is 30.7 Å². The topological polar surface area (TPSA) is 128 Å². The molecule has 4 atom stereocenters. The van der Waals surface area contributed by atoms with Crippen molar-refractivity contribution < 1.29 is 34.4 Å². The number of phenolic OH excluding ortho intramolecular Hbond substituents is 1. The number of imide groups is 1. The minimum atomic E-state index is -1.73. The molecule has 6 rings (SSSR count). The van der Waals surface area contributed by atoms with Gasteiger partial charge < -0.3 is 24.8 Å². The highest BCUT2D eigenvalue weighted by molar-refractivity contribution is 6.58. The van der Waals surface area contributed by atoms with E-state index in [4.69, 9.17) is 4.65 Å². The average Bonchev–Trinajstić information content (AvgIpc) is 3.30. The number of anilines is 1. The fourth-order valence-corrected chi connectivity index (χ4v) is 7.84. The summed E-state index contributed by atoms with van der Waals surface area (Å²) in [7, 11) is -2.81. The van der Waals surface area contributed by atoms with Crippen molar-refractivity contribution in [1.29, 1.82) is 0 Å². The molecule has 0 saturated carbocycles. The van der Waals surface area contributed by atoms with Gasteiger partial charge in [0.15, 0.2) is 0 Å². The van der Waals surface area contributed by atoms with Crippen LogP contribution in [0.15, 0.2) is 77.9 Å². The Hall–Kier alpha value is -3.95. The van der Waals surface area contributed by atoms with Crippen LogP contribution < -0.4 is 10.4 Å². The summed E-state index contributed by atoms with van der Waals surface area (Å²) in [6, 6.07) is 20.3. The number of allylic oxidation sites excluding steroid dienone is 2. The molecule has 2 aliphatic heterocycles. The number of nitrogens with zero attached hydrogens (tertiary/aromatic N) is 1. The lowest BCUT2D eigenvalue weighted by Crippen LogP contribution is -2.46. The van der Waals surface area contributed by atoms with E-state index in [2.05, 4.69) is 32.1 Å². The molecule has 2 fully saturated rings. The van der Waals surface area contributed by atoms with Crippen LogP contribution in [0.2, 0.25) is 6.32 Å². The normalized spacial score (nSPS) is 23.0. The molecule has 10 heteroatoms. The van der Waals surface area contributed by atoms with Gasteiger partial charge in [0.1, 0.15) is 5.75 Å². The number of phenols is 1. The highest BCUT2D eigenvalue weighted by atomic mass is 16.5. The van der Waals surface area contributed by atoms with Gasteiger partial charge in [-0.05, 0) is 114 Å².